The molecule has 0 fully saturated rings. The number of aliphatic carboxylic acids is 2. The molecule has 0 saturated heterocycles. The van der Waals surface area contributed by atoms with Crippen LogP contribution in [-0.2, 0) is 33.6 Å². The summed E-state index contributed by atoms with van der Waals surface area (Å²) >= 11 is 0. The number of carboxylic acid groups (broad SMARTS) is 2. The van der Waals surface area contributed by atoms with Gasteiger partial charge in [-0.1, -0.05) is 0 Å². The van der Waals surface area contributed by atoms with Gasteiger partial charge in [-0.3, -0.25) is 28.8 Å². The second kappa shape index (κ2) is 11.9. The summed E-state index contributed by atoms with van der Waals surface area (Å²) in [5.74, 6) is -8.01. The third kappa shape index (κ3) is 9.98. The first kappa shape index (κ1) is 26.2. The summed E-state index contributed by atoms with van der Waals surface area (Å²) in [4.78, 5) is 79.9. The van der Waals surface area contributed by atoms with Gasteiger partial charge >= 0.3 is 11.9 Å². The molecule has 11 N–H and O–H groups in total. The van der Waals surface area contributed by atoms with Crippen molar-refractivity contribution >= 4 is 41.5 Å². The highest BCUT2D eigenvalue weighted by atomic mass is 16.4. The summed E-state index contributed by atoms with van der Waals surface area (Å²) < 4.78 is 0. The summed E-state index contributed by atoms with van der Waals surface area (Å²) in [5, 5.41) is 23.7. The lowest BCUT2D eigenvalue weighted by molar-refractivity contribution is -0.147. The first-order valence-corrected chi connectivity index (χ1v) is 8.42. The van der Waals surface area contributed by atoms with E-state index in [0.717, 1.165) is 6.92 Å². The van der Waals surface area contributed by atoms with Crippen LogP contribution in [0.25, 0.3) is 0 Å². The Kier molecular flexibility index (Phi) is 10.5. The van der Waals surface area contributed by atoms with Crippen LogP contribution in [0.3, 0.4) is 0 Å². The number of hydrogen-bond acceptors (Lipinski definition) is 8. The van der Waals surface area contributed by atoms with E-state index in [-0.39, 0.29) is 0 Å². The number of carbonyl (C=O) groups is 7. The summed E-state index contributed by atoms with van der Waals surface area (Å²) in [5.41, 5.74) is 15.4. The van der Waals surface area contributed by atoms with Crippen molar-refractivity contribution in [2.24, 2.45) is 17.2 Å². The monoisotopic (exact) mass is 432 g/mol. The molecule has 4 unspecified atom stereocenters. The third-order valence-corrected chi connectivity index (χ3v) is 3.54. The van der Waals surface area contributed by atoms with E-state index in [9.17, 15) is 33.6 Å². The normalized spacial score (nSPS) is 14.3. The molecule has 15 heteroatoms. The summed E-state index contributed by atoms with van der Waals surface area (Å²) in [6, 6.07) is -6.08. The quantitative estimate of drug-likeness (QED) is 0.137. The van der Waals surface area contributed by atoms with Gasteiger partial charge in [-0.2, -0.15) is 0 Å². The molecule has 30 heavy (non-hydrogen) atoms. The van der Waals surface area contributed by atoms with Gasteiger partial charge in [0, 0.05) is 0 Å². The van der Waals surface area contributed by atoms with E-state index < -0.39 is 84.9 Å². The standard InChI is InChI=1S/C15H24N6O9/c1-5(12(26)21-8(15(29)30)4-11(24)25)19-14(28)7(3-10(18)23)20-13(27)6(16)2-9(17)22/h5-8H,2-4,16H2,1H3,(H2,17,22)(H2,18,23)(H,19,28)(H,20,27)(H,21,26)(H,24,25)(H,29,30). The van der Waals surface area contributed by atoms with Crippen LogP contribution in [0.1, 0.15) is 26.2 Å². The van der Waals surface area contributed by atoms with E-state index >= 15 is 0 Å². The smallest absolute Gasteiger partial charge is 0.326 e. The van der Waals surface area contributed by atoms with Gasteiger partial charge in [0.05, 0.1) is 25.3 Å². The van der Waals surface area contributed by atoms with Gasteiger partial charge < -0.3 is 43.4 Å². The third-order valence-electron chi connectivity index (χ3n) is 3.54. The van der Waals surface area contributed by atoms with E-state index in [1.165, 1.54) is 0 Å². The van der Waals surface area contributed by atoms with Crippen LogP contribution in [0.4, 0.5) is 0 Å². The number of nitrogens with two attached hydrogens (primary N) is 3. The molecule has 4 atom stereocenters. The maximum Gasteiger partial charge on any atom is 0.326 e. The molecule has 0 aromatic rings. The Morgan fingerprint density at radius 1 is 0.733 bits per heavy atom. The van der Waals surface area contributed by atoms with E-state index in [2.05, 4.69) is 10.6 Å². The number of amides is 5. The average molecular weight is 432 g/mol. The van der Waals surface area contributed by atoms with Crippen LogP contribution in [0, 0.1) is 0 Å². The Bertz CT molecular complexity index is 725. The van der Waals surface area contributed by atoms with Crippen LogP contribution in [0.15, 0.2) is 0 Å². The van der Waals surface area contributed by atoms with Gasteiger partial charge in [0.1, 0.15) is 18.1 Å². The van der Waals surface area contributed by atoms with Gasteiger partial charge in [-0.15, -0.1) is 0 Å². The van der Waals surface area contributed by atoms with Gasteiger partial charge in [0.15, 0.2) is 0 Å². The minimum Gasteiger partial charge on any atom is -0.481 e. The molecular formula is C15H24N6O9. The molecule has 168 valence electrons. The molecule has 0 aromatic carbocycles. The second-order valence-corrected chi connectivity index (χ2v) is 6.24. The largest absolute Gasteiger partial charge is 0.481 e. The molecule has 0 radical (unpaired) electrons. The number of carboxylic acids is 2. The molecular weight excluding hydrogens is 408 g/mol. The summed E-state index contributed by atoms with van der Waals surface area (Å²) in [7, 11) is 0. The van der Waals surface area contributed by atoms with Crippen LogP contribution >= 0.6 is 0 Å². The Labute approximate surface area is 169 Å². The summed E-state index contributed by atoms with van der Waals surface area (Å²) in [6.07, 6.45) is -2.11. The van der Waals surface area contributed by atoms with Crippen molar-refractivity contribution < 1.29 is 43.8 Å². The van der Waals surface area contributed by atoms with Crippen molar-refractivity contribution in [3.8, 4) is 0 Å². The van der Waals surface area contributed by atoms with Crippen molar-refractivity contribution in [2.75, 3.05) is 0 Å². The highest BCUT2D eigenvalue weighted by molar-refractivity contribution is 5.97. The van der Waals surface area contributed by atoms with Crippen molar-refractivity contribution in [1.82, 2.24) is 16.0 Å². The van der Waals surface area contributed by atoms with Crippen LogP contribution in [0.5, 0.6) is 0 Å². The molecule has 0 aliphatic heterocycles. The molecule has 0 spiro atoms. The Morgan fingerprint density at radius 2 is 1.23 bits per heavy atom. The Morgan fingerprint density at radius 3 is 1.67 bits per heavy atom. The predicted molar refractivity (Wildman–Crippen MR) is 97.0 cm³/mol. The zero-order valence-electron chi connectivity index (χ0n) is 15.9. The maximum atomic E-state index is 12.3. The van der Waals surface area contributed by atoms with Gasteiger partial charge in [0.2, 0.25) is 29.5 Å². The van der Waals surface area contributed by atoms with E-state index in [1.807, 2.05) is 5.32 Å². The van der Waals surface area contributed by atoms with Crippen molar-refractivity contribution in [1.29, 1.82) is 0 Å². The van der Waals surface area contributed by atoms with Crippen molar-refractivity contribution in [3.63, 3.8) is 0 Å². The lowest BCUT2D eigenvalue weighted by atomic mass is 10.1. The van der Waals surface area contributed by atoms with Crippen LogP contribution in [0.2, 0.25) is 0 Å². The fourth-order valence-electron chi connectivity index (χ4n) is 2.05. The number of rotatable bonds is 13. The topological polar surface area (TPSA) is 274 Å². The molecule has 5 amide bonds. The minimum absolute atomic E-state index is 0.532. The number of primary amides is 2. The highest BCUT2D eigenvalue weighted by Crippen LogP contribution is 1.99. The Hall–Kier alpha value is -3.75. The van der Waals surface area contributed by atoms with Gasteiger partial charge in [-0.25, -0.2) is 4.79 Å². The molecule has 15 nitrogen and oxygen atoms in total. The van der Waals surface area contributed by atoms with E-state index in [0.29, 0.717) is 0 Å². The minimum atomic E-state index is -1.75. The first-order chi connectivity index (χ1) is 13.7. The zero-order chi connectivity index (χ0) is 23.6. The van der Waals surface area contributed by atoms with E-state index in [1.54, 1.807) is 0 Å². The zero-order valence-corrected chi connectivity index (χ0v) is 15.9. The van der Waals surface area contributed by atoms with E-state index in [4.69, 9.17) is 27.4 Å². The first-order valence-electron chi connectivity index (χ1n) is 8.42. The average Bonchev–Trinajstić information content (AvgIpc) is 2.58. The summed E-state index contributed by atoms with van der Waals surface area (Å²) in [6.45, 7) is 1.15. The van der Waals surface area contributed by atoms with Gasteiger partial charge in [-0.05, 0) is 6.92 Å². The molecule has 0 aromatic heterocycles. The molecule has 0 aliphatic rings. The fourth-order valence-corrected chi connectivity index (χ4v) is 2.05. The fraction of sp³-hybridized carbons (Fsp3) is 0.533. The highest BCUT2D eigenvalue weighted by Gasteiger charge is 2.30. The second-order valence-electron chi connectivity index (χ2n) is 6.24. The molecule has 0 heterocycles. The molecule has 0 rings (SSSR count). The number of carbonyl (C=O) groups excluding carboxylic acids is 5. The maximum absolute atomic E-state index is 12.3. The molecule has 0 aliphatic carbocycles. The van der Waals surface area contributed by atoms with Crippen molar-refractivity contribution in [3.05, 3.63) is 0 Å². The molecule has 0 bridgehead atoms. The number of nitrogens with one attached hydrogen (secondary N) is 3. The lowest BCUT2D eigenvalue weighted by Gasteiger charge is -2.22. The van der Waals surface area contributed by atoms with Crippen molar-refractivity contribution in [2.45, 2.75) is 50.4 Å². The number of hydrogen-bond donors (Lipinski definition) is 8. The van der Waals surface area contributed by atoms with Crippen LogP contribution < -0.4 is 33.2 Å². The lowest BCUT2D eigenvalue weighted by Crippen LogP contribution is -2.57. The predicted octanol–water partition coefficient (Wildman–Crippen LogP) is -4.90. The SMILES string of the molecule is CC(NC(=O)C(CC(N)=O)NC(=O)C(N)CC(N)=O)C(=O)NC(CC(=O)O)C(=O)O. The Balaban J connectivity index is 5.12. The van der Waals surface area contributed by atoms with Gasteiger partial charge in [0.25, 0.3) is 0 Å². The van der Waals surface area contributed by atoms with Crippen LogP contribution in [-0.4, -0.2) is 75.9 Å². The molecule has 0 saturated carbocycles.